The van der Waals surface area contributed by atoms with E-state index in [4.69, 9.17) is 18.9 Å². The maximum absolute atomic E-state index is 12.6. The molecule has 28 heavy (non-hydrogen) atoms. The Morgan fingerprint density at radius 1 is 1.00 bits per heavy atom. The molecule has 0 radical (unpaired) electrons. The van der Waals surface area contributed by atoms with Crippen LogP contribution in [-0.2, 0) is 9.47 Å². The van der Waals surface area contributed by atoms with Crippen LogP contribution in [0.3, 0.4) is 0 Å². The van der Waals surface area contributed by atoms with Crippen LogP contribution in [0.2, 0.25) is 0 Å². The van der Waals surface area contributed by atoms with Crippen LogP contribution >= 0.6 is 0 Å². The predicted octanol–water partition coefficient (Wildman–Crippen LogP) is 3.37. The number of aromatic nitrogens is 1. The van der Waals surface area contributed by atoms with E-state index in [2.05, 4.69) is 0 Å². The van der Waals surface area contributed by atoms with Gasteiger partial charge < -0.3 is 23.5 Å². The summed E-state index contributed by atoms with van der Waals surface area (Å²) < 4.78 is 22.8. The highest BCUT2D eigenvalue weighted by atomic mass is 16.5. The van der Waals surface area contributed by atoms with Crippen molar-refractivity contribution in [3.63, 3.8) is 0 Å². The summed E-state index contributed by atoms with van der Waals surface area (Å²) in [6.45, 7) is 6.03. The topological polar surface area (TPSA) is 76.0 Å². The summed E-state index contributed by atoms with van der Waals surface area (Å²) in [6.07, 6.45) is 0. The number of benzene rings is 1. The van der Waals surface area contributed by atoms with Crippen molar-refractivity contribution >= 4 is 11.8 Å². The van der Waals surface area contributed by atoms with E-state index in [9.17, 15) is 9.59 Å². The Labute approximate surface area is 165 Å². The largest absolute Gasteiger partial charge is 0.497 e. The first-order valence-electron chi connectivity index (χ1n) is 8.93. The SMILES string of the molecule is COC[C@H](C)n1c(C)cc(C(=O)COC(=O)c2cc(OC)cc(OC)c2)c1C. The highest BCUT2D eigenvalue weighted by molar-refractivity contribution is 6.00. The summed E-state index contributed by atoms with van der Waals surface area (Å²) in [5, 5.41) is 0. The summed E-state index contributed by atoms with van der Waals surface area (Å²) in [7, 11) is 4.63. The molecule has 1 atom stereocenters. The second-order valence-electron chi connectivity index (χ2n) is 6.56. The molecule has 0 amide bonds. The molecule has 2 aromatic rings. The summed E-state index contributed by atoms with van der Waals surface area (Å²) in [5.74, 6) is 0.0564. The third-order valence-corrected chi connectivity index (χ3v) is 4.55. The van der Waals surface area contributed by atoms with Crippen LogP contribution in [-0.4, -0.2) is 50.9 Å². The first-order chi connectivity index (χ1) is 13.3. The Morgan fingerprint density at radius 2 is 1.61 bits per heavy atom. The number of hydrogen-bond donors (Lipinski definition) is 0. The molecule has 0 spiro atoms. The van der Waals surface area contributed by atoms with E-state index in [1.165, 1.54) is 26.4 Å². The van der Waals surface area contributed by atoms with Gasteiger partial charge >= 0.3 is 5.97 Å². The van der Waals surface area contributed by atoms with Gasteiger partial charge in [-0.3, -0.25) is 4.79 Å². The molecule has 0 bridgehead atoms. The molecule has 0 saturated heterocycles. The number of aryl methyl sites for hydroxylation is 1. The van der Waals surface area contributed by atoms with Crippen molar-refractivity contribution in [3.8, 4) is 11.5 Å². The Bertz CT molecular complexity index is 833. The van der Waals surface area contributed by atoms with Crippen molar-refractivity contribution in [3.05, 3.63) is 46.8 Å². The first-order valence-corrected chi connectivity index (χ1v) is 8.93. The minimum atomic E-state index is -0.618. The van der Waals surface area contributed by atoms with Gasteiger partial charge in [-0.25, -0.2) is 4.79 Å². The van der Waals surface area contributed by atoms with E-state index in [0.29, 0.717) is 23.7 Å². The lowest BCUT2D eigenvalue weighted by Gasteiger charge is -2.17. The van der Waals surface area contributed by atoms with Gasteiger partial charge in [0.2, 0.25) is 5.78 Å². The van der Waals surface area contributed by atoms with E-state index < -0.39 is 5.97 Å². The highest BCUT2D eigenvalue weighted by Gasteiger charge is 2.20. The quantitative estimate of drug-likeness (QED) is 0.483. The minimum absolute atomic E-state index is 0.0957. The molecule has 1 aromatic heterocycles. The molecular formula is C21H27NO6. The van der Waals surface area contributed by atoms with Gasteiger partial charge in [0.15, 0.2) is 6.61 Å². The summed E-state index contributed by atoms with van der Waals surface area (Å²) >= 11 is 0. The molecule has 0 saturated carbocycles. The van der Waals surface area contributed by atoms with Crippen LogP contribution in [0, 0.1) is 13.8 Å². The maximum atomic E-state index is 12.6. The molecule has 0 fully saturated rings. The van der Waals surface area contributed by atoms with Crippen molar-refractivity contribution < 1.29 is 28.5 Å². The highest BCUT2D eigenvalue weighted by Crippen LogP contribution is 2.24. The molecule has 2 rings (SSSR count). The van der Waals surface area contributed by atoms with E-state index in [1.807, 2.05) is 31.4 Å². The first kappa shape index (κ1) is 21.5. The second-order valence-corrected chi connectivity index (χ2v) is 6.56. The van der Waals surface area contributed by atoms with Crippen LogP contribution in [0.4, 0.5) is 0 Å². The zero-order valence-electron chi connectivity index (χ0n) is 17.2. The molecular weight excluding hydrogens is 362 g/mol. The minimum Gasteiger partial charge on any atom is -0.497 e. The molecule has 0 aliphatic rings. The average molecular weight is 389 g/mol. The summed E-state index contributed by atoms with van der Waals surface area (Å²) in [6, 6.07) is 6.63. The fourth-order valence-electron chi connectivity index (χ4n) is 3.27. The third-order valence-electron chi connectivity index (χ3n) is 4.55. The van der Waals surface area contributed by atoms with Crippen molar-refractivity contribution in [1.82, 2.24) is 4.57 Å². The van der Waals surface area contributed by atoms with Gasteiger partial charge in [-0.05, 0) is 39.0 Å². The number of ether oxygens (including phenoxy) is 4. The van der Waals surface area contributed by atoms with Crippen LogP contribution < -0.4 is 9.47 Å². The molecule has 0 unspecified atom stereocenters. The zero-order valence-corrected chi connectivity index (χ0v) is 17.2. The van der Waals surface area contributed by atoms with E-state index >= 15 is 0 Å². The lowest BCUT2D eigenvalue weighted by molar-refractivity contribution is 0.0474. The number of rotatable bonds is 9. The summed E-state index contributed by atoms with van der Waals surface area (Å²) in [4.78, 5) is 25.0. The smallest absolute Gasteiger partial charge is 0.338 e. The normalized spacial score (nSPS) is 11.8. The van der Waals surface area contributed by atoms with Gasteiger partial charge in [0.1, 0.15) is 11.5 Å². The van der Waals surface area contributed by atoms with E-state index in [1.54, 1.807) is 13.2 Å². The molecule has 7 heteroatoms. The lowest BCUT2D eigenvalue weighted by atomic mass is 10.1. The van der Waals surface area contributed by atoms with Crippen molar-refractivity contribution in [2.75, 3.05) is 34.5 Å². The molecule has 1 heterocycles. The van der Waals surface area contributed by atoms with E-state index in [-0.39, 0.29) is 24.0 Å². The van der Waals surface area contributed by atoms with E-state index in [0.717, 1.165) is 11.4 Å². The number of carbonyl (C=O) groups excluding carboxylic acids is 2. The average Bonchev–Trinajstić information content (AvgIpc) is 2.99. The fraction of sp³-hybridized carbons (Fsp3) is 0.429. The molecule has 7 nitrogen and oxygen atoms in total. The van der Waals surface area contributed by atoms with Crippen LogP contribution in [0.15, 0.2) is 24.3 Å². The van der Waals surface area contributed by atoms with Crippen molar-refractivity contribution in [2.45, 2.75) is 26.8 Å². The number of esters is 1. The molecule has 0 N–H and O–H groups in total. The lowest BCUT2D eigenvalue weighted by Crippen LogP contribution is -2.17. The Kier molecular flexibility index (Phi) is 7.23. The van der Waals surface area contributed by atoms with Crippen molar-refractivity contribution in [1.29, 1.82) is 0 Å². The number of methoxy groups -OCH3 is 3. The number of hydrogen-bond acceptors (Lipinski definition) is 6. The molecule has 0 aliphatic carbocycles. The monoisotopic (exact) mass is 389 g/mol. The van der Waals surface area contributed by atoms with Crippen LogP contribution in [0.5, 0.6) is 11.5 Å². The Morgan fingerprint density at radius 3 is 2.14 bits per heavy atom. The van der Waals surface area contributed by atoms with Gasteiger partial charge in [0.25, 0.3) is 0 Å². The molecule has 152 valence electrons. The van der Waals surface area contributed by atoms with Gasteiger partial charge in [0.05, 0.1) is 32.4 Å². The summed E-state index contributed by atoms with van der Waals surface area (Å²) in [5.41, 5.74) is 2.57. The molecule has 1 aromatic carbocycles. The number of nitrogens with zero attached hydrogens (tertiary/aromatic N) is 1. The van der Waals surface area contributed by atoms with Gasteiger partial charge in [-0.2, -0.15) is 0 Å². The third kappa shape index (κ3) is 4.72. The molecule has 0 aliphatic heterocycles. The van der Waals surface area contributed by atoms with Gasteiger partial charge in [-0.1, -0.05) is 0 Å². The predicted molar refractivity (Wildman–Crippen MR) is 105 cm³/mol. The number of carbonyl (C=O) groups is 2. The number of ketones is 1. The Balaban J connectivity index is 2.12. The standard InChI is InChI=1S/C21H27NO6/c1-13-7-19(15(3)22(13)14(2)11-25-4)20(23)12-28-21(24)16-8-17(26-5)10-18(9-16)27-6/h7-10,14H,11-12H2,1-6H3/t14-/m0/s1. The van der Waals surface area contributed by atoms with Gasteiger partial charge in [-0.15, -0.1) is 0 Å². The second kappa shape index (κ2) is 9.41. The maximum Gasteiger partial charge on any atom is 0.338 e. The van der Waals surface area contributed by atoms with Crippen molar-refractivity contribution in [2.24, 2.45) is 0 Å². The fourth-order valence-corrected chi connectivity index (χ4v) is 3.27. The zero-order chi connectivity index (χ0) is 20.8. The number of Topliss-reactive ketones (excluding diaryl/α,β-unsaturated/α-hetero) is 1. The van der Waals surface area contributed by atoms with Crippen LogP contribution in [0.1, 0.15) is 45.1 Å². The van der Waals surface area contributed by atoms with Gasteiger partial charge in [0, 0.05) is 30.1 Å². The van der Waals surface area contributed by atoms with Crippen LogP contribution in [0.25, 0.3) is 0 Å². The Hall–Kier alpha value is -2.80.